The molecule has 0 saturated heterocycles. The monoisotopic (exact) mass is 269 g/mol. The fraction of sp³-hybridized carbons (Fsp3) is 0. The van der Waals surface area contributed by atoms with Gasteiger partial charge in [-0.05, 0) is 35.9 Å². The van der Waals surface area contributed by atoms with Gasteiger partial charge < -0.3 is 0 Å². The number of halogens is 1. The van der Waals surface area contributed by atoms with E-state index in [0.29, 0.717) is 11.1 Å². The Morgan fingerprint density at radius 1 is 0.950 bits per heavy atom. The van der Waals surface area contributed by atoms with Gasteiger partial charge in [0.05, 0.1) is 0 Å². The average molecular weight is 269 g/mol. The first kappa shape index (κ1) is 13.7. The first-order valence-electron chi connectivity index (χ1n) is 5.99. The molecule has 0 saturated carbocycles. The molecule has 0 aliphatic carbocycles. The van der Waals surface area contributed by atoms with Crippen LogP contribution in [-0.2, 0) is 4.79 Å². The Morgan fingerprint density at radius 2 is 1.60 bits per heavy atom. The van der Waals surface area contributed by atoms with Crippen molar-refractivity contribution in [3.05, 3.63) is 77.6 Å². The fourth-order valence-electron chi connectivity index (χ4n) is 1.56. The molecule has 4 heteroatoms. The van der Waals surface area contributed by atoms with E-state index in [9.17, 15) is 14.0 Å². The van der Waals surface area contributed by atoms with E-state index in [4.69, 9.17) is 0 Å². The first-order chi connectivity index (χ1) is 9.65. The highest BCUT2D eigenvalue weighted by Gasteiger charge is 2.06. The molecule has 0 radical (unpaired) electrons. The summed E-state index contributed by atoms with van der Waals surface area (Å²) in [5, 5.41) is 2.24. The molecular weight excluding hydrogens is 257 g/mol. The summed E-state index contributed by atoms with van der Waals surface area (Å²) in [5.41, 5.74) is 1.09. The third-order valence-electron chi connectivity index (χ3n) is 2.57. The Balaban J connectivity index is 1.96. The van der Waals surface area contributed by atoms with E-state index in [0.717, 1.165) is 0 Å². The zero-order chi connectivity index (χ0) is 14.4. The van der Waals surface area contributed by atoms with Crippen molar-refractivity contribution in [2.45, 2.75) is 0 Å². The van der Waals surface area contributed by atoms with E-state index in [-0.39, 0.29) is 5.82 Å². The second-order valence-corrected chi connectivity index (χ2v) is 4.07. The lowest BCUT2D eigenvalue weighted by molar-refractivity contribution is -0.115. The van der Waals surface area contributed by atoms with E-state index in [1.807, 2.05) is 0 Å². The van der Waals surface area contributed by atoms with E-state index in [1.165, 1.54) is 36.4 Å². The van der Waals surface area contributed by atoms with Crippen molar-refractivity contribution in [2.24, 2.45) is 0 Å². The predicted octanol–water partition coefficient (Wildman–Crippen LogP) is 2.80. The van der Waals surface area contributed by atoms with E-state index < -0.39 is 11.8 Å². The number of imide groups is 1. The van der Waals surface area contributed by atoms with E-state index in [1.54, 1.807) is 30.3 Å². The Bertz CT molecular complexity index is 633. The average Bonchev–Trinajstić information content (AvgIpc) is 2.47. The quantitative estimate of drug-likeness (QED) is 0.871. The van der Waals surface area contributed by atoms with E-state index >= 15 is 0 Å². The molecule has 2 amide bonds. The van der Waals surface area contributed by atoms with Crippen molar-refractivity contribution in [3.63, 3.8) is 0 Å². The summed E-state index contributed by atoms with van der Waals surface area (Å²) >= 11 is 0. The molecule has 0 bridgehead atoms. The molecule has 0 heterocycles. The number of carbonyl (C=O) groups is 2. The topological polar surface area (TPSA) is 46.2 Å². The Labute approximate surface area is 115 Å². The SMILES string of the molecule is O=C(/C=C/c1ccc(F)cc1)NC(=O)c1ccccc1. The summed E-state index contributed by atoms with van der Waals surface area (Å²) in [6, 6.07) is 14.1. The smallest absolute Gasteiger partial charge is 0.258 e. The van der Waals surface area contributed by atoms with Gasteiger partial charge in [-0.1, -0.05) is 30.3 Å². The maximum atomic E-state index is 12.7. The van der Waals surface area contributed by atoms with Crippen molar-refractivity contribution in [3.8, 4) is 0 Å². The van der Waals surface area contributed by atoms with Crippen LogP contribution in [0.25, 0.3) is 6.08 Å². The molecule has 0 atom stereocenters. The Morgan fingerprint density at radius 3 is 2.25 bits per heavy atom. The van der Waals surface area contributed by atoms with Gasteiger partial charge in [0.1, 0.15) is 5.82 Å². The number of amides is 2. The van der Waals surface area contributed by atoms with Crippen LogP contribution < -0.4 is 5.32 Å². The molecule has 100 valence electrons. The summed E-state index contributed by atoms with van der Waals surface area (Å²) in [5.74, 6) is -1.33. The molecule has 0 fully saturated rings. The minimum Gasteiger partial charge on any atom is -0.289 e. The van der Waals surface area contributed by atoms with Crippen LogP contribution in [0.1, 0.15) is 15.9 Å². The molecule has 0 spiro atoms. The summed E-state index contributed by atoms with van der Waals surface area (Å²) in [6.45, 7) is 0. The largest absolute Gasteiger partial charge is 0.289 e. The molecule has 1 N–H and O–H groups in total. The Kier molecular flexibility index (Phi) is 4.39. The maximum Gasteiger partial charge on any atom is 0.258 e. The molecule has 2 aromatic carbocycles. The van der Waals surface area contributed by atoms with Crippen molar-refractivity contribution in [1.29, 1.82) is 0 Å². The van der Waals surface area contributed by atoms with Crippen molar-refractivity contribution in [2.75, 3.05) is 0 Å². The van der Waals surface area contributed by atoms with Crippen LogP contribution in [0.2, 0.25) is 0 Å². The molecule has 3 nitrogen and oxygen atoms in total. The lowest BCUT2D eigenvalue weighted by atomic mass is 10.2. The molecule has 0 aliphatic heterocycles. The van der Waals surface area contributed by atoms with Gasteiger partial charge in [-0.3, -0.25) is 14.9 Å². The van der Waals surface area contributed by atoms with E-state index in [2.05, 4.69) is 5.32 Å². The zero-order valence-corrected chi connectivity index (χ0v) is 10.5. The highest BCUT2D eigenvalue weighted by Crippen LogP contribution is 2.04. The molecule has 2 rings (SSSR count). The van der Waals surface area contributed by atoms with Gasteiger partial charge in [-0.25, -0.2) is 4.39 Å². The molecule has 0 aromatic heterocycles. The minimum atomic E-state index is -0.525. The van der Waals surface area contributed by atoms with Gasteiger partial charge in [0.2, 0.25) is 0 Å². The lowest BCUT2D eigenvalue weighted by Crippen LogP contribution is -2.28. The number of carbonyl (C=O) groups excluding carboxylic acids is 2. The second-order valence-electron chi connectivity index (χ2n) is 4.07. The summed E-state index contributed by atoms with van der Waals surface area (Å²) < 4.78 is 12.7. The van der Waals surface area contributed by atoms with Gasteiger partial charge in [0, 0.05) is 11.6 Å². The molecule has 0 unspecified atom stereocenters. The van der Waals surface area contributed by atoms with Crippen LogP contribution in [0.4, 0.5) is 4.39 Å². The van der Waals surface area contributed by atoms with Gasteiger partial charge in [0.25, 0.3) is 11.8 Å². The number of hydrogen-bond acceptors (Lipinski definition) is 2. The lowest BCUT2D eigenvalue weighted by Gasteiger charge is -2.00. The standard InChI is InChI=1S/C16H12FNO2/c17-14-9-6-12(7-10-14)8-11-15(19)18-16(20)13-4-2-1-3-5-13/h1-11H,(H,18,19,20)/b11-8+. The number of benzene rings is 2. The zero-order valence-electron chi connectivity index (χ0n) is 10.5. The maximum absolute atomic E-state index is 12.7. The third-order valence-corrected chi connectivity index (χ3v) is 2.57. The van der Waals surface area contributed by atoms with Crippen LogP contribution in [0.3, 0.4) is 0 Å². The first-order valence-corrected chi connectivity index (χ1v) is 5.99. The van der Waals surface area contributed by atoms with Gasteiger partial charge in [-0.2, -0.15) is 0 Å². The summed E-state index contributed by atoms with van der Waals surface area (Å²) in [6.07, 6.45) is 2.74. The van der Waals surface area contributed by atoms with Gasteiger partial charge in [-0.15, -0.1) is 0 Å². The second kappa shape index (κ2) is 6.43. The highest BCUT2D eigenvalue weighted by atomic mass is 19.1. The number of rotatable bonds is 3. The molecule has 0 aliphatic rings. The summed E-state index contributed by atoms with van der Waals surface area (Å²) in [7, 11) is 0. The fourth-order valence-corrected chi connectivity index (χ4v) is 1.56. The molecule has 20 heavy (non-hydrogen) atoms. The highest BCUT2D eigenvalue weighted by molar-refractivity contribution is 6.09. The van der Waals surface area contributed by atoms with Crippen LogP contribution in [0.15, 0.2) is 60.7 Å². The van der Waals surface area contributed by atoms with Gasteiger partial charge in [0.15, 0.2) is 0 Å². The normalized spacial score (nSPS) is 10.4. The van der Waals surface area contributed by atoms with Crippen molar-refractivity contribution >= 4 is 17.9 Å². The summed E-state index contributed by atoms with van der Waals surface area (Å²) in [4.78, 5) is 23.3. The number of hydrogen-bond donors (Lipinski definition) is 1. The van der Waals surface area contributed by atoms with Gasteiger partial charge >= 0.3 is 0 Å². The third kappa shape index (κ3) is 3.88. The van der Waals surface area contributed by atoms with Crippen LogP contribution >= 0.6 is 0 Å². The molecule has 2 aromatic rings. The number of nitrogens with one attached hydrogen (secondary N) is 1. The van der Waals surface area contributed by atoms with Crippen molar-refractivity contribution in [1.82, 2.24) is 5.32 Å². The predicted molar refractivity (Wildman–Crippen MR) is 74.3 cm³/mol. The van der Waals surface area contributed by atoms with Crippen LogP contribution in [0.5, 0.6) is 0 Å². The van der Waals surface area contributed by atoms with Crippen molar-refractivity contribution < 1.29 is 14.0 Å². The molecular formula is C16H12FNO2. The van der Waals surface area contributed by atoms with Crippen LogP contribution in [-0.4, -0.2) is 11.8 Å². The van der Waals surface area contributed by atoms with Crippen LogP contribution in [0, 0.1) is 5.82 Å². The minimum absolute atomic E-state index is 0.342. The Hall–Kier alpha value is -2.75.